The van der Waals surface area contributed by atoms with Gasteiger partial charge in [0.25, 0.3) is 0 Å². The molecule has 8 heteroatoms. The quantitative estimate of drug-likeness (QED) is 0.863. The maximum absolute atomic E-state index is 13.1. The summed E-state index contributed by atoms with van der Waals surface area (Å²) in [6, 6.07) is 8.55. The average molecular weight is 382 g/mol. The van der Waals surface area contributed by atoms with E-state index in [1.54, 1.807) is 0 Å². The van der Waals surface area contributed by atoms with E-state index in [0.29, 0.717) is 0 Å². The molecule has 3 rings (SSSR count). The summed E-state index contributed by atoms with van der Waals surface area (Å²) in [5, 5.41) is 4.67. The third kappa shape index (κ3) is 4.43. The van der Waals surface area contributed by atoms with Crippen LogP contribution in [0.5, 0.6) is 0 Å². The lowest BCUT2D eigenvalue weighted by molar-refractivity contribution is -0.139. The summed E-state index contributed by atoms with van der Waals surface area (Å²) >= 11 is 1.47. The summed E-state index contributed by atoms with van der Waals surface area (Å²) in [5.74, 6) is -0.453. The second kappa shape index (κ2) is 7.49. The number of halogens is 3. The van der Waals surface area contributed by atoms with Gasteiger partial charge < -0.3 is 10.2 Å². The number of carbonyl (C=O) groups excluding carboxylic acids is 2. The maximum atomic E-state index is 13.1. The van der Waals surface area contributed by atoms with E-state index in [0.717, 1.165) is 10.9 Å². The normalized spacial score (nSPS) is 17.6. The van der Waals surface area contributed by atoms with E-state index in [2.05, 4.69) is 5.32 Å². The number of thiophene rings is 1. The van der Waals surface area contributed by atoms with E-state index in [9.17, 15) is 22.8 Å². The molecule has 0 bridgehead atoms. The molecule has 1 N–H and O–H groups in total. The van der Waals surface area contributed by atoms with Gasteiger partial charge in [-0.15, -0.1) is 11.3 Å². The van der Waals surface area contributed by atoms with Gasteiger partial charge >= 0.3 is 6.18 Å². The molecule has 0 unspecified atom stereocenters. The van der Waals surface area contributed by atoms with Crippen LogP contribution in [-0.4, -0.2) is 29.3 Å². The van der Waals surface area contributed by atoms with Crippen molar-refractivity contribution in [2.75, 3.05) is 6.54 Å². The Balaban J connectivity index is 1.61. The van der Waals surface area contributed by atoms with E-state index >= 15 is 0 Å². The summed E-state index contributed by atoms with van der Waals surface area (Å²) in [6.45, 7) is 0.0903. The SMILES string of the molecule is O=C(Cc1cccs1)N[C@H]1CC(=O)N(Cc2ccccc2C(F)(F)F)C1. The Morgan fingerprint density at radius 2 is 2.00 bits per heavy atom. The van der Waals surface area contributed by atoms with Crippen LogP contribution in [0.2, 0.25) is 0 Å². The number of benzene rings is 1. The monoisotopic (exact) mass is 382 g/mol. The van der Waals surface area contributed by atoms with Gasteiger partial charge in [0.05, 0.1) is 18.0 Å². The zero-order valence-electron chi connectivity index (χ0n) is 13.8. The van der Waals surface area contributed by atoms with Crippen molar-refractivity contribution in [2.45, 2.75) is 31.6 Å². The Kier molecular flexibility index (Phi) is 5.31. The zero-order valence-corrected chi connectivity index (χ0v) is 14.6. The van der Waals surface area contributed by atoms with Crippen LogP contribution < -0.4 is 5.32 Å². The Labute approximate surface area is 152 Å². The Morgan fingerprint density at radius 1 is 1.23 bits per heavy atom. The molecule has 1 aliphatic rings. The van der Waals surface area contributed by atoms with Gasteiger partial charge in [0, 0.05) is 24.4 Å². The first-order chi connectivity index (χ1) is 12.3. The number of alkyl halides is 3. The fourth-order valence-corrected chi connectivity index (χ4v) is 3.72. The molecule has 1 atom stereocenters. The molecule has 1 aliphatic heterocycles. The lowest BCUT2D eigenvalue weighted by atomic mass is 10.1. The van der Waals surface area contributed by atoms with Crippen molar-refractivity contribution in [3.63, 3.8) is 0 Å². The summed E-state index contributed by atoms with van der Waals surface area (Å²) in [5.41, 5.74) is -0.683. The molecule has 1 aromatic heterocycles. The highest BCUT2D eigenvalue weighted by Crippen LogP contribution is 2.32. The number of nitrogens with one attached hydrogen (secondary N) is 1. The molecule has 2 aromatic rings. The molecule has 26 heavy (non-hydrogen) atoms. The van der Waals surface area contributed by atoms with Crippen LogP contribution in [-0.2, 0) is 28.7 Å². The number of hydrogen-bond donors (Lipinski definition) is 1. The van der Waals surface area contributed by atoms with Crippen LogP contribution in [0.3, 0.4) is 0 Å². The second-order valence-corrected chi connectivity index (χ2v) is 7.19. The smallest absolute Gasteiger partial charge is 0.351 e. The van der Waals surface area contributed by atoms with E-state index < -0.39 is 11.7 Å². The van der Waals surface area contributed by atoms with Gasteiger partial charge in [-0.25, -0.2) is 0 Å². The van der Waals surface area contributed by atoms with Crippen LogP contribution in [0.15, 0.2) is 41.8 Å². The predicted octanol–water partition coefficient (Wildman–Crippen LogP) is 3.23. The first-order valence-corrected chi connectivity index (χ1v) is 8.95. The molecule has 0 aliphatic carbocycles. The van der Waals surface area contributed by atoms with Gasteiger partial charge in [0.15, 0.2) is 0 Å². The molecular weight excluding hydrogens is 365 g/mol. The Bertz CT molecular complexity index is 790. The molecule has 0 spiro atoms. The van der Waals surface area contributed by atoms with Gasteiger partial charge in [-0.05, 0) is 23.1 Å². The Morgan fingerprint density at radius 3 is 2.69 bits per heavy atom. The van der Waals surface area contributed by atoms with Crippen molar-refractivity contribution < 1.29 is 22.8 Å². The minimum atomic E-state index is -4.46. The lowest BCUT2D eigenvalue weighted by Crippen LogP contribution is -2.37. The van der Waals surface area contributed by atoms with Crippen LogP contribution in [0.25, 0.3) is 0 Å². The third-order valence-electron chi connectivity index (χ3n) is 4.18. The van der Waals surface area contributed by atoms with Gasteiger partial charge in [-0.1, -0.05) is 24.3 Å². The summed E-state index contributed by atoms with van der Waals surface area (Å²) in [7, 11) is 0. The van der Waals surface area contributed by atoms with E-state index in [-0.39, 0.29) is 49.4 Å². The van der Waals surface area contributed by atoms with Gasteiger partial charge in [0.2, 0.25) is 11.8 Å². The van der Waals surface area contributed by atoms with Crippen molar-refractivity contribution in [2.24, 2.45) is 0 Å². The van der Waals surface area contributed by atoms with Gasteiger partial charge in [0.1, 0.15) is 0 Å². The minimum absolute atomic E-state index is 0.0545. The average Bonchev–Trinajstić information content (AvgIpc) is 3.17. The van der Waals surface area contributed by atoms with Crippen molar-refractivity contribution in [1.29, 1.82) is 0 Å². The van der Waals surface area contributed by atoms with Crippen molar-refractivity contribution in [3.8, 4) is 0 Å². The number of likely N-dealkylation sites (tertiary alicyclic amines) is 1. The van der Waals surface area contributed by atoms with Crippen LogP contribution >= 0.6 is 11.3 Å². The number of amides is 2. The fraction of sp³-hybridized carbons (Fsp3) is 0.333. The van der Waals surface area contributed by atoms with Gasteiger partial charge in [-0.3, -0.25) is 9.59 Å². The van der Waals surface area contributed by atoms with Crippen LogP contribution in [0.1, 0.15) is 22.4 Å². The molecule has 4 nitrogen and oxygen atoms in total. The standard InChI is InChI=1S/C18H17F3N2O2S/c19-18(20,21)15-6-2-1-4-12(15)10-23-11-13(8-17(23)25)22-16(24)9-14-5-3-7-26-14/h1-7,13H,8-11H2,(H,22,24)/t13-/m0/s1. The largest absolute Gasteiger partial charge is 0.416 e. The second-order valence-electron chi connectivity index (χ2n) is 6.15. The highest BCUT2D eigenvalue weighted by atomic mass is 32.1. The summed E-state index contributed by atoms with van der Waals surface area (Å²) in [4.78, 5) is 26.5. The molecular formula is C18H17F3N2O2S. The van der Waals surface area contributed by atoms with E-state index in [1.807, 2.05) is 17.5 Å². The van der Waals surface area contributed by atoms with Crippen molar-refractivity contribution >= 4 is 23.2 Å². The number of hydrogen-bond acceptors (Lipinski definition) is 3. The highest BCUT2D eigenvalue weighted by molar-refractivity contribution is 7.10. The van der Waals surface area contributed by atoms with Crippen molar-refractivity contribution in [3.05, 3.63) is 57.8 Å². The number of rotatable bonds is 5. The van der Waals surface area contributed by atoms with Crippen molar-refractivity contribution in [1.82, 2.24) is 10.2 Å². The van der Waals surface area contributed by atoms with Crippen LogP contribution in [0, 0.1) is 0 Å². The van der Waals surface area contributed by atoms with E-state index in [1.165, 1.54) is 34.4 Å². The fourth-order valence-electron chi connectivity index (χ4n) is 3.01. The minimum Gasteiger partial charge on any atom is -0.351 e. The maximum Gasteiger partial charge on any atom is 0.416 e. The Hall–Kier alpha value is -2.35. The summed E-state index contributed by atoms with van der Waals surface area (Å²) in [6.07, 6.45) is -4.13. The topological polar surface area (TPSA) is 49.4 Å². The van der Waals surface area contributed by atoms with Gasteiger partial charge in [-0.2, -0.15) is 13.2 Å². The molecule has 2 heterocycles. The molecule has 1 saturated heterocycles. The van der Waals surface area contributed by atoms with E-state index in [4.69, 9.17) is 0 Å². The predicted molar refractivity (Wildman–Crippen MR) is 91.4 cm³/mol. The molecule has 1 fully saturated rings. The molecule has 1 aromatic carbocycles. The number of carbonyl (C=O) groups is 2. The first-order valence-electron chi connectivity index (χ1n) is 8.07. The zero-order chi connectivity index (χ0) is 18.7. The third-order valence-corrected chi connectivity index (χ3v) is 5.05. The summed E-state index contributed by atoms with van der Waals surface area (Å²) < 4.78 is 39.3. The highest BCUT2D eigenvalue weighted by Gasteiger charge is 2.35. The molecule has 2 amide bonds. The molecule has 138 valence electrons. The lowest BCUT2D eigenvalue weighted by Gasteiger charge is -2.20. The van der Waals surface area contributed by atoms with Crippen LogP contribution in [0.4, 0.5) is 13.2 Å². The molecule has 0 radical (unpaired) electrons. The first kappa shape index (κ1) is 18.4. The molecule has 0 saturated carbocycles. The number of nitrogens with zero attached hydrogens (tertiary/aromatic N) is 1.